The van der Waals surface area contributed by atoms with Crippen molar-refractivity contribution < 1.29 is 14.3 Å². The number of ether oxygens (including phenoxy) is 2. The Bertz CT molecular complexity index is 172. The topological polar surface area (TPSA) is 35.5 Å². The molecular formula is C12H22O3. The Balaban J connectivity index is 2.12. The number of rotatable bonds is 5. The highest BCUT2D eigenvalue weighted by Gasteiger charge is 2.16. The minimum absolute atomic E-state index is 0.0565. The lowest BCUT2D eigenvalue weighted by atomic mass is 10.1. The SMILES string of the molecule is COCCCC(=O)OC1CCCCCC1. The predicted octanol–water partition coefficient (Wildman–Crippen LogP) is 2.68. The van der Waals surface area contributed by atoms with Gasteiger partial charge in [0.2, 0.25) is 0 Å². The Morgan fingerprint density at radius 3 is 2.47 bits per heavy atom. The van der Waals surface area contributed by atoms with Gasteiger partial charge >= 0.3 is 5.97 Å². The lowest BCUT2D eigenvalue weighted by molar-refractivity contribution is -0.150. The Hall–Kier alpha value is -0.570. The van der Waals surface area contributed by atoms with E-state index < -0.39 is 0 Å². The monoisotopic (exact) mass is 214 g/mol. The minimum atomic E-state index is -0.0565. The number of methoxy groups -OCH3 is 1. The first-order valence-corrected chi connectivity index (χ1v) is 6.01. The first kappa shape index (κ1) is 12.5. The molecule has 0 unspecified atom stereocenters. The Kier molecular flexibility index (Phi) is 6.41. The van der Waals surface area contributed by atoms with E-state index in [1.165, 1.54) is 25.7 Å². The summed E-state index contributed by atoms with van der Waals surface area (Å²) in [7, 11) is 1.65. The van der Waals surface area contributed by atoms with Crippen molar-refractivity contribution in [3.05, 3.63) is 0 Å². The molecule has 0 saturated heterocycles. The van der Waals surface area contributed by atoms with Crippen molar-refractivity contribution in [3.8, 4) is 0 Å². The molecule has 3 nitrogen and oxygen atoms in total. The fourth-order valence-electron chi connectivity index (χ4n) is 1.97. The standard InChI is InChI=1S/C12H22O3/c1-14-10-6-9-12(13)15-11-7-4-2-3-5-8-11/h11H,2-10H2,1H3. The van der Waals surface area contributed by atoms with Crippen molar-refractivity contribution >= 4 is 5.97 Å². The highest BCUT2D eigenvalue weighted by molar-refractivity contribution is 5.69. The predicted molar refractivity (Wildman–Crippen MR) is 58.7 cm³/mol. The van der Waals surface area contributed by atoms with E-state index in [2.05, 4.69) is 0 Å². The van der Waals surface area contributed by atoms with Gasteiger partial charge in [-0.2, -0.15) is 0 Å². The van der Waals surface area contributed by atoms with E-state index in [0.29, 0.717) is 13.0 Å². The van der Waals surface area contributed by atoms with Crippen LogP contribution in [0, 0.1) is 0 Å². The van der Waals surface area contributed by atoms with Crippen LogP contribution in [0.3, 0.4) is 0 Å². The molecule has 1 aliphatic carbocycles. The van der Waals surface area contributed by atoms with Crippen LogP contribution in [0.5, 0.6) is 0 Å². The molecule has 0 aromatic carbocycles. The third kappa shape index (κ3) is 5.78. The second-order valence-corrected chi connectivity index (χ2v) is 4.20. The van der Waals surface area contributed by atoms with Crippen LogP contribution in [0.1, 0.15) is 51.4 Å². The average Bonchev–Trinajstić information content (AvgIpc) is 2.47. The zero-order valence-electron chi connectivity index (χ0n) is 9.67. The molecular weight excluding hydrogens is 192 g/mol. The molecule has 0 bridgehead atoms. The Morgan fingerprint density at radius 2 is 1.87 bits per heavy atom. The summed E-state index contributed by atoms with van der Waals surface area (Å²) in [6.45, 7) is 0.639. The van der Waals surface area contributed by atoms with E-state index in [9.17, 15) is 4.79 Å². The van der Waals surface area contributed by atoms with Crippen molar-refractivity contribution in [2.45, 2.75) is 57.5 Å². The van der Waals surface area contributed by atoms with Gasteiger partial charge in [0.25, 0.3) is 0 Å². The molecule has 0 aliphatic heterocycles. The molecule has 0 spiro atoms. The molecule has 1 rings (SSSR count). The molecule has 0 atom stereocenters. The van der Waals surface area contributed by atoms with Gasteiger partial charge in [0.15, 0.2) is 0 Å². The van der Waals surface area contributed by atoms with E-state index in [4.69, 9.17) is 9.47 Å². The molecule has 88 valence electrons. The zero-order valence-corrected chi connectivity index (χ0v) is 9.67. The molecule has 0 aromatic rings. The number of hydrogen-bond acceptors (Lipinski definition) is 3. The van der Waals surface area contributed by atoms with Crippen molar-refractivity contribution in [1.29, 1.82) is 0 Å². The number of esters is 1. The molecule has 0 N–H and O–H groups in total. The smallest absolute Gasteiger partial charge is 0.306 e. The van der Waals surface area contributed by atoms with Gasteiger partial charge in [-0.3, -0.25) is 4.79 Å². The maximum Gasteiger partial charge on any atom is 0.306 e. The maximum absolute atomic E-state index is 11.4. The van der Waals surface area contributed by atoms with E-state index in [0.717, 1.165) is 19.3 Å². The summed E-state index contributed by atoms with van der Waals surface area (Å²) in [5.74, 6) is -0.0565. The third-order valence-electron chi connectivity index (χ3n) is 2.83. The number of carbonyl (C=O) groups excluding carboxylic acids is 1. The van der Waals surface area contributed by atoms with E-state index in [-0.39, 0.29) is 12.1 Å². The van der Waals surface area contributed by atoms with Gasteiger partial charge in [0.1, 0.15) is 6.10 Å². The summed E-state index contributed by atoms with van der Waals surface area (Å²) in [5, 5.41) is 0. The summed E-state index contributed by atoms with van der Waals surface area (Å²) in [5.41, 5.74) is 0. The summed E-state index contributed by atoms with van der Waals surface area (Å²) in [6, 6.07) is 0. The van der Waals surface area contributed by atoms with Gasteiger partial charge in [0, 0.05) is 20.1 Å². The molecule has 1 fully saturated rings. The second kappa shape index (κ2) is 7.69. The quantitative estimate of drug-likeness (QED) is 0.401. The van der Waals surface area contributed by atoms with Gasteiger partial charge < -0.3 is 9.47 Å². The van der Waals surface area contributed by atoms with Gasteiger partial charge in [-0.05, 0) is 32.1 Å². The normalized spacial score (nSPS) is 18.5. The number of carbonyl (C=O) groups is 1. The second-order valence-electron chi connectivity index (χ2n) is 4.20. The van der Waals surface area contributed by atoms with Crippen molar-refractivity contribution in [1.82, 2.24) is 0 Å². The van der Waals surface area contributed by atoms with E-state index in [1.807, 2.05) is 0 Å². The van der Waals surface area contributed by atoms with Gasteiger partial charge in [-0.25, -0.2) is 0 Å². The van der Waals surface area contributed by atoms with Crippen LogP contribution >= 0.6 is 0 Å². The number of hydrogen-bond donors (Lipinski definition) is 0. The average molecular weight is 214 g/mol. The molecule has 0 heterocycles. The van der Waals surface area contributed by atoms with Gasteiger partial charge in [0.05, 0.1) is 0 Å². The summed E-state index contributed by atoms with van der Waals surface area (Å²) < 4.78 is 10.3. The summed E-state index contributed by atoms with van der Waals surface area (Å²) in [4.78, 5) is 11.4. The highest BCUT2D eigenvalue weighted by atomic mass is 16.5. The lowest BCUT2D eigenvalue weighted by Gasteiger charge is -2.15. The van der Waals surface area contributed by atoms with Gasteiger partial charge in [-0.1, -0.05) is 12.8 Å². The third-order valence-corrected chi connectivity index (χ3v) is 2.83. The van der Waals surface area contributed by atoms with E-state index >= 15 is 0 Å². The largest absolute Gasteiger partial charge is 0.462 e. The molecule has 1 saturated carbocycles. The highest BCUT2D eigenvalue weighted by Crippen LogP contribution is 2.20. The Morgan fingerprint density at radius 1 is 1.20 bits per heavy atom. The fourth-order valence-corrected chi connectivity index (χ4v) is 1.97. The van der Waals surface area contributed by atoms with E-state index in [1.54, 1.807) is 7.11 Å². The van der Waals surface area contributed by atoms with Crippen LogP contribution in [0.15, 0.2) is 0 Å². The fraction of sp³-hybridized carbons (Fsp3) is 0.917. The van der Waals surface area contributed by atoms with Gasteiger partial charge in [-0.15, -0.1) is 0 Å². The van der Waals surface area contributed by atoms with Crippen LogP contribution in [0.25, 0.3) is 0 Å². The van der Waals surface area contributed by atoms with Crippen LogP contribution in [-0.2, 0) is 14.3 Å². The first-order chi connectivity index (χ1) is 7.33. The first-order valence-electron chi connectivity index (χ1n) is 6.01. The molecule has 0 amide bonds. The van der Waals surface area contributed by atoms with Crippen LogP contribution < -0.4 is 0 Å². The minimum Gasteiger partial charge on any atom is -0.462 e. The zero-order chi connectivity index (χ0) is 10.9. The molecule has 0 radical (unpaired) electrons. The molecule has 0 aromatic heterocycles. The molecule has 3 heteroatoms. The maximum atomic E-state index is 11.4. The van der Waals surface area contributed by atoms with Crippen molar-refractivity contribution in [3.63, 3.8) is 0 Å². The van der Waals surface area contributed by atoms with Crippen molar-refractivity contribution in [2.75, 3.05) is 13.7 Å². The molecule has 1 aliphatic rings. The molecule has 15 heavy (non-hydrogen) atoms. The Labute approximate surface area is 92.1 Å². The summed E-state index contributed by atoms with van der Waals surface area (Å²) in [6.07, 6.45) is 8.53. The van der Waals surface area contributed by atoms with Crippen LogP contribution in [-0.4, -0.2) is 25.8 Å². The lowest BCUT2D eigenvalue weighted by Crippen LogP contribution is -2.17. The summed E-state index contributed by atoms with van der Waals surface area (Å²) >= 11 is 0. The van der Waals surface area contributed by atoms with Crippen LogP contribution in [0.4, 0.5) is 0 Å². The van der Waals surface area contributed by atoms with Crippen LogP contribution in [0.2, 0.25) is 0 Å². The van der Waals surface area contributed by atoms with Crippen molar-refractivity contribution in [2.24, 2.45) is 0 Å².